The Morgan fingerprint density at radius 2 is 1.98 bits per heavy atom. The summed E-state index contributed by atoms with van der Waals surface area (Å²) < 4.78 is 12.3. The van der Waals surface area contributed by atoms with E-state index in [1.165, 1.54) is 29.9 Å². The minimum atomic E-state index is -1.75. The van der Waals surface area contributed by atoms with Crippen molar-refractivity contribution in [2.45, 2.75) is 71.3 Å². The Bertz CT molecular complexity index is 1190. The number of hydrogen-bond donors (Lipinski definition) is 5. The summed E-state index contributed by atoms with van der Waals surface area (Å²) in [6, 6.07) is 6.71. The Labute approximate surface area is 248 Å². The van der Waals surface area contributed by atoms with Crippen LogP contribution in [-0.4, -0.2) is 104 Å². The number of nitrogens with one attached hydrogen (secondary N) is 2. The van der Waals surface area contributed by atoms with Gasteiger partial charge >= 0.3 is 0 Å². The molecule has 41 heavy (non-hydrogen) atoms. The molecule has 3 aliphatic heterocycles. The smallest absolute Gasteiger partial charge is 0.240 e. The van der Waals surface area contributed by atoms with Gasteiger partial charge in [0.05, 0.1) is 25.4 Å². The minimum absolute atomic E-state index is 0.0734. The van der Waals surface area contributed by atoms with Crippen molar-refractivity contribution in [3.05, 3.63) is 55.1 Å². The maximum atomic E-state index is 13.8. The van der Waals surface area contributed by atoms with Crippen molar-refractivity contribution in [2.24, 2.45) is 5.92 Å². The summed E-state index contributed by atoms with van der Waals surface area (Å²) in [6.45, 7) is 2.47. The van der Waals surface area contributed by atoms with Gasteiger partial charge in [0.25, 0.3) is 0 Å². The molecule has 12 heteroatoms. The van der Waals surface area contributed by atoms with Crippen LogP contribution in [0.1, 0.15) is 19.8 Å². The monoisotopic (exact) mass is 602 g/mol. The van der Waals surface area contributed by atoms with E-state index in [1.54, 1.807) is 12.4 Å². The molecule has 10 nitrogen and oxygen atoms in total. The van der Waals surface area contributed by atoms with Gasteiger partial charge in [0.1, 0.15) is 35.6 Å². The number of aliphatic hydroxyl groups excluding tert-OH is 2. The highest BCUT2D eigenvalue weighted by molar-refractivity contribution is 8.00. The van der Waals surface area contributed by atoms with Gasteiger partial charge in [-0.3, -0.25) is 4.79 Å². The predicted molar refractivity (Wildman–Crippen MR) is 158 cm³/mol. The summed E-state index contributed by atoms with van der Waals surface area (Å²) in [6.07, 6.45) is 9.20. The molecule has 222 valence electrons. The molecule has 2 unspecified atom stereocenters. The summed E-state index contributed by atoms with van der Waals surface area (Å²) in [5, 5.41) is 38.7. The summed E-state index contributed by atoms with van der Waals surface area (Å²) >= 11 is 2.92. The van der Waals surface area contributed by atoms with Crippen LogP contribution in [-0.2, 0) is 14.3 Å². The number of benzene rings is 1. The second-order valence-corrected chi connectivity index (χ2v) is 13.3. The third kappa shape index (κ3) is 6.80. The highest BCUT2D eigenvalue weighted by Gasteiger charge is 2.52. The average Bonchev–Trinajstić information content (AvgIpc) is 3.26. The number of amides is 1. The van der Waals surface area contributed by atoms with Gasteiger partial charge in [0, 0.05) is 47.0 Å². The first kappa shape index (κ1) is 30.4. The number of rotatable bonds is 9. The molecule has 0 bridgehead atoms. The third-order valence-corrected chi connectivity index (χ3v) is 10.1. The maximum absolute atomic E-state index is 13.8. The molecular weight excluding hydrogens is 564 g/mol. The Hall–Kier alpha value is -2.03. The second-order valence-electron chi connectivity index (χ2n) is 10.8. The fraction of sp³-hybridized carbons (Fsp3) is 0.552. The number of aromatic nitrogens is 2. The molecule has 5 N–H and O–H groups in total. The lowest BCUT2D eigenvalue weighted by Crippen LogP contribution is -2.67. The van der Waals surface area contributed by atoms with Crippen LogP contribution in [0.4, 0.5) is 0 Å². The van der Waals surface area contributed by atoms with Gasteiger partial charge in [0.2, 0.25) is 5.91 Å². The lowest BCUT2D eigenvalue weighted by Gasteiger charge is -2.47. The summed E-state index contributed by atoms with van der Waals surface area (Å²) in [4.78, 5) is 22.9. The van der Waals surface area contributed by atoms with E-state index in [1.807, 2.05) is 43.5 Å². The summed E-state index contributed by atoms with van der Waals surface area (Å²) in [5.74, 6) is -0.0500. The Balaban J connectivity index is 1.38. The lowest BCUT2D eigenvalue weighted by atomic mass is 9.84. The number of allylic oxidation sites excluding steroid dienone is 1. The molecular formula is C29H38N4O6S2. The van der Waals surface area contributed by atoms with E-state index in [9.17, 15) is 20.1 Å². The predicted octanol–water partition coefficient (Wildman–Crippen LogP) is 1.60. The van der Waals surface area contributed by atoms with Crippen molar-refractivity contribution in [1.29, 1.82) is 0 Å². The van der Waals surface area contributed by atoms with Crippen molar-refractivity contribution >= 4 is 29.4 Å². The molecule has 9 atom stereocenters. The van der Waals surface area contributed by atoms with Crippen molar-refractivity contribution in [1.82, 2.24) is 20.6 Å². The molecule has 2 fully saturated rings. The molecule has 1 amide bonds. The molecule has 0 aliphatic carbocycles. The largest absolute Gasteiger partial charge is 0.393 e. The number of carbonyl (C=O) groups excluding carboxylic acids is 1. The van der Waals surface area contributed by atoms with Crippen LogP contribution in [0.5, 0.6) is 0 Å². The first-order valence-corrected chi connectivity index (χ1v) is 16.0. The van der Waals surface area contributed by atoms with Crippen molar-refractivity contribution < 1.29 is 29.6 Å². The highest BCUT2D eigenvalue weighted by atomic mass is 32.2. The molecule has 2 saturated heterocycles. The number of hydrogen-bond acceptors (Lipinski definition) is 11. The summed E-state index contributed by atoms with van der Waals surface area (Å²) in [5.41, 5.74) is -0.328. The van der Waals surface area contributed by atoms with Gasteiger partial charge in [-0.2, -0.15) is 0 Å². The fourth-order valence-electron chi connectivity index (χ4n) is 5.75. The summed E-state index contributed by atoms with van der Waals surface area (Å²) in [7, 11) is 0. The SMILES string of the molecule is CSC1CC(O)(CO)[C@H](O)[C@@H]([C@H](NC(=O)[C@H]2NC[C@@H]3CC=CCO[C@H]32)[C@H](C)Sc2ccc(-c3cncnc3)cc2)O1. The van der Waals surface area contributed by atoms with Gasteiger partial charge in [0.15, 0.2) is 0 Å². The molecule has 0 saturated carbocycles. The maximum Gasteiger partial charge on any atom is 0.240 e. The third-order valence-electron chi connectivity index (χ3n) is 8.13. The average molecular weight is 603 g/mol. The standard InChI is InChI=1S/C29H38N4O6S2/c1-17(41-21-8-6-18(7-9-21)20-12-30-16-31-13-20)23(26-27(35)29(37,15-34)11-22(39-26)40-2)33-28(36)24-25-19(14-32-24)5-3-4-10-38-25/h3-4,6-9,12-13,16-17,19,22-27,32,34-35,37H,5,10-11,14-15H2,1-2H3,(H,33,36)/t17-,19-,22?,23+,24-,25+,26+,27+,29?/m0/s1. The number of nitrogens with zero attached hydrogens (tertiary/aromatic N) is 2. The van der Waals surface area contributed by atoms with E-state index in [4.69, 9.17) is 9.47 Å². The van der Waals surface area contributed by atoms with Gasteiger partial charge in [-0.15, -0.1) is 23.5 Å². The van der Waals surface area contributed by atoms with Gasteiger partial charge < -0.3 is 35.4 Å². The van der Waals surface area contributed by atoms with Crippen LogP contribution in [0.2, 0.25) is 0 Å². The topological polar surface area (TPSA) is 146 Å². The zero-order chi connectivity index (χ0) is 29.0. The molecule has 3 aliphatic rings. The zero-order valence-corrected chi connectivity index (χ0v) is 24.8. The van der Waals surface area contributed by atoms with E-state index in [2.05, 4.69) is 26.7 Å². The zero-order valence-electron chi connectivity index (χ0n) is 23.1. The van der Waals surface area contributed by atoms with Gasteiger partial charge in [-0.1, -0.05) is 31.2 Å². The quantitative estimate of drug-likeness (QED) is 0.211. The number of aliphatic hydroxyl groups is 3. The number of thioether (sulfide) groups is 2. The molecule has 2 aromatic rings. The van der Waals surface area contributed by atoms with E-state index in [-0.39, 0.29) is 29.6 Å². The van der Waals surface area contributed by atoms with Gasteiger partial charge in [-0.05, 0) is 30.4 Å². The minimum Gasteiger partial charge on any atom is -0.393 e. The van der Waals surface area contributed by atoms with Crippen LogP contribution in [0.25, 0.3) is 11.1 Å². The van der Waals surface area contributed by atoms with E-state index in [0.29, 0.717) is 13.2 Å². The van der Waals surface area contributed by atoms with Gasteiger partial charge in [-0.25, -0.2) is 9.97 Å². The fourth-order valence-corrected chi connectivity index (χ4v) is 7.54. The molecule has 4 heterocycles. The number of fused-ring (bicyclic) bond motifs is 1. The van der Waals surface area contributed by atoms with Crippen LogP contribution >= 0.6 is 23.5 Å². The first-order valence-electron chi connectivity index (χ1n) is 13.8. The van der Waals surface area contributed by atoms with Crippen LogP contribution in [0.15, 0.2) is 60.0 Å². The van der Waals surface area contributed by atoms with Crippen LogP contribution < -0.4 is 10.6 Å². The van der Waals surface area contributed by atoms with E-state index >= 15 is 0 Å². The van der Waals surface area contributed by atoms with E-state index in [0.717, 1.165) is 22.4 Å². The van der Waals surface area contributed by atoms with Crippen LogP contribution in [0, 0.1) is 5.92 Å². The molecule has 5 rings (SSSR count). The van der Waals surface area contributed by atoms with Crippen molar-refractivity contribution in [3.8, 4) is 11.1 Å². The molecule has 1 aromatic heterocycles. The highest BCUT2D eigenvalue weighted by Crippen LogP contribution is 2.38. The Kier molecular flexibility index (Phi) is 10.0. The Morgan fingerprint density at radius 3 is 2.68 bits per heavy atom. The second kappa shape index (κ2) is 13.5. The molecule has 1 aromatic carbocycles. The van der Waals surface area contributed by atoms with Crippen LogP contribution in [0.3, 0.4) is 0 Å². The van der Waals surface area contributed by atoms with E-state index < -0.39 is 41.9 Å². The first-order chi connectivity index (χ1) is 19.8. The lowest BCUT2D eigenvalue weighted by molar-refractivity contribution is -0.216. The van der Waals surface area contributed by atoms with Crippen molar-refractivity contribution in [2.75, 3.05) is 26.0 Å². The Morgan fingerprint density at radius 1 is 1.22 bits per heavy atom. The molecule has 0 spiro atoms. The van der Waals surface area contributed by atoms with Crippen molar-refractivity contribution in [3.63, 3.8) is 0 Å². The number of ether oxygens (including phenoxy) is 2. The molecule has 0 radical (unpaired) electrons. The number of carbonyl (C=O) groups is 1. The normalized spacial score (nSPS) is 33.0.